The van der Waals surface area contributed by atoms with Crippen LogP contribution in [0.4, 0.5) is 0 Å². The van der Waals surface area contributed by atoms with Crippen molar-refractivity contribution in [3.63, 3.8) is 0 Å². The normalized spacial score (nSPS) is 20.7. The van der Waals surface area contributed by atoms with E-state index in [0.717, 1.165) is 49.8 Å². The largest absolute Gasteiger partial charge is 0.338 e. The molecule has 4 nitrogen and oxygen atoms in total. The van der Waals surface area contributed by atoms with E-state index in [0.29, 0.717) is 16.5 Å². The number of amides is 1. The van der Waals surface area contributed by atoms with E-state index in [1.807, 2.05) is 30.2 Å². The number of hydrogen-bond donors (Lipinski definition) is 0. The van der Waals surface area contributed by atoms with E-state index in [1.165, 1.54) is 12.8 Å². The molecule has 5 heteroatoms. The maximum atomic E-state index is 12.9. The van der Waals surface area contributed by atoms with E-state index in [1.54, 1.807) is 6.07 Å². The van der Waals surface area contributed by atoms with Crippen LogP contribution in [0.25, 0.3) is 0 Å². The first-order valence-electron chi connectivity index (χ1n) is 9.18. The Labute approximate surface area is 153 Å². The fourth-order valence-corrected chi connectivity index (χ4v) is 3.87. The predicted octanol–water partition coefficient (Wildman–Crippen LogP) is 4.27. The van der Waals surface area contributed by atoms with Gasteiger partial charge in [-0.3, -0.25) is 4.79 Å². The Hall–Kier alpha value is -1.81. The molecule has 0 bridgehead atoms. The van der Waals surface area contributed by atoms with Crippen LogP contribution in [-0.2, 0) is 6.54 Å². The number of aryl methyl sites for hydroxylation is 1. The zero-order chi connectivity index (χ0) is 17.4. The first-order valence-corrected chi connectivity index (χ1v) is 9.56. The Morgan fingerprint density at radius 1 is 1.32 bits per heavy atom. The van der Waals surface area contributed by atoms with Crippen molar-refractivity contribution in [2.75, 3.05) is 13.1 Å². The number of carbonyl (C=O) groups is 1. The number of nitrogens with zero attached hydrogens (tertiary/aromatic N) is 3. The Kier molecular flexibility index (Phi) is 4.55. The molecule has 2 aromatic rings. The van der Waals surface area contributed by atoms with Gasteiger partial charge in [0.2, 0.25) is 0 Å². The van der Waals surface area contributed by atoms with Crippen molar-refractivity contribution in [2.45, 2.75) is 45.1 Å². The molecule has 1 aromatic carbocycles. The number of carbonyl (C=O) groups excluding carboxylic acids is 1. The van der Waals surface area contributed by atoms with Gasteiger partial charge >= 0.3 is 0 Å². The SMILES string of the molecule is Cc1ccc(C(=O)N2CCCC(c3nccn3CC3CC3)C2)cc1Cl. The lowest BCUT2D eigenvalue weighted by molar-refractivity contribution is 0.0703. The minimum atomic E-state index is 0.0758. The quantitative estimate of drug-likeness (QED) is 0.819. The average Bonchev–Trinajstić information content (AvgIpc) is 3.32. The lowest BCUT2D eigenvalue weighted by atomic mass is 9.96. The molecule has 1 saturated heterocycles. The van der Waals surface area contributed by atoms with Gasteiger partial charge in [0.25, 0.3) is 5.91 Å². The van der Waals surface area contributed by atoms with Crippen molar-refractivity contribution < 1.29 is 4.79 Å². The maximum absolute atomic E-state index is 12.9. The van der Waals surface area contributed by atoms with Crippen LogP contribution in [-0.4, -0.2) is 33.4 Å². The van der Waals surface area contributed by atoms with Crippen LogP contribution in [0.15, 0.2) is 30.6 Å². The summed E-state index contributed by atoms with van der Waals surface area (Å²) in [7, 11) is 0. The van der Waals surface area contributed by atoms with Gasteiger partial charge in [0.15, 0.2) is 0 Å². The fourth-order valence-electron chi connectivity index (χ4n) is 3.69. The van der Waals surface area contributed by atoms with Crippen molar-refractivity contribution in [3.8, 4) is 0 Å². The van der Waals surface area contributed by atoms with Gasteiger partial charge in [0.1, 0.15) is 5.82 Å². The molecule has 2 heterocycles. The van der Waals surface area contributed by atoms with Crippen molar-refractivity contribution in [2.24, 2.45) is 5.92 Å². The highest BCUT2D eigenvalue weighted by molar-refractivity contribution is 6.31. The van der Waals surface area contributed by atoms with Crippen LogP contribution in [0.5, 0.6) is 0 Å². The average molecular weight is 358 g/mol. The molecule has 0 N–H and O–H groups in total. The molecule has 1 unspecified atom stereocenters. The summed E-state index contributed by atoms with van der Waals surface area (Å²) in [6.45, 7) is 4.58. The summed E-state index contributed by atoms with van der Waals surface area (Å²) < 4.78 is 2.30. The van der Waals surface area contributed by atoms with Crippen LogP contribution < -0.4 is 0 Å². The Balaban J connectivity index is 1.49. The lowest BCUT2D eigenvalue weighted by Crippen LogP contribution is -2.39. The smallest absolute Gasteiger partial charge is 0.253 e. The molecule has 0 spiro atoms. The molecule has 132 valence electrons. The van der Waals surface area contributed by atoms with E-state index < -0.39 is 0 Å². The Morgan fingerprint density at radius 2 is 2.16 bits per heavy atom. The fraction of sp³-hybridized carbons (Fsp3) is 0.500. The molecule has 1 aliphatic heterocycles. The van der Waals surface area contributed by atoms with E-state index in [2.05, 4.69) is 15.7 Å². The summed E-state index contributed by atoms with van der Waals surface area (Å²) in [5, 5.41) is 0.652. The third-order valence-electron chi connectivity index (χ3n) is 5.39. The van der Waals surface area contributed by atoms with Crippen molar-refractivity contribution in [1.82, 2.24) is 14.5 Å². The number of hydrogen-bond acceptors (Lipinski definition) is 2. The summed E-state index contributed by atoms with van der Waals surface area (Å²) in [6, 6.07) is 5.58. The molecule has 1 aromatic heterocycles. The summed E-state index contributed by atoms with van der Waals surface area (Å²) in [5.74, 6) is 2.37. The molecule has 1 atom stereocenters. The topological polar surface area (TPSA) is 38.1 Å². The number of piperidine rings is 1. The molecule has 0 radical (unpaired) electrons. The van der Waals surface area contributed by atoms with Crippen LogP contribution in [0, 0.1) is 12.8 Å². The number of halogens is 1. The lowest BCUT2D eigenvalue weighted by Gasteiger charge is -2.33. The summed E-state index contributed by atoms with van der Waals surface area (Å²) in [6.07, 6.45) is 8.78. The molecular weight excluding hydrogens is 334 g/mol. The number of likely N-dealkylation sites (tertiary alicyclic amines) is 1. The Bertz CT molecular complexity index is 781. The summed E-state index contributed by atoms with van der Waals surface area (Å²) in [4.78, 5) is 19.5. The highest BCUT2D eigenvalue weighted by atomic mass is 35.5. The Morgan fingerprint density at radius 3 is 2.92 bits per heavy atom. The second-order valence-corrected chi connectivity index (χ2v) is 7.84. The molecule has 1 aliphatic carbocycles. The van der Waals surface area contributed by atoms with E-state index in [-0.39, 0.29) is 5.91 Å². The van der Waals surface area contributed by atoms with Gasteiger partial charge < -0.3 is 9.47 Å². The summed E-state index contributed by atoms with van der Waals surface area (Å²) in [5.41, 5.74) is 1.68. The maximum Gasteiger partial charge on any atom is 0.253 e. The number of aromatic nitrogens is 2. The number of benzene rings is 1. The molecule has 2 fully saturated rings. The van der Waals surface area contributed by atoms with Gasteiger partial charge in [-0.25, -0.2) is 4.98 Å². The highest BCUT2D eigenvalue weighted by Gasteiger charge is 2.29. The van der Waals surface area contributed by atoms with Crippen molar-refractivity contribution in [1.29, 1.82) is 0 Å². The minimum absolute atomic E-state index is 0.0758. The first kappa shape index (κ1) is 16.6. The third-order valence-corrected chi connectivity index (χ3v) is 5.80. The van der Waals surface area contributed by atoms with Gasteiger partial charge in [-0.15, -0.1) is 0 Å². The monoisotopic (exact) mass is 357 g/mol. The van der Waals surface area contributed by atoms with E-state index in [4.69, 9.17) is 11.6 Å². The van der Waals surface area contributed by atoms with Gasteiger partial charge in [-0.05, 0) is 56.2 Å². The first-order chi connectivity index (χ1) is 12.1. The molecule has 1 saturated carbocycles. The minimum Gasteiger partial charge on any atom is -0.338 e. The molecule has 25 heavy (non-hydrogen) atoms. The molecular formula is C20H24ClN3O. The number of imidazole rings is 1. The summed E-state index contributed by atoms with van der Waals surface area (Å²) >= 11 is 6.20. The van der Waals surface area contributed by atoms with Crippen LogP contribution in [0.1, 0.15) is 53.3 Å². The van der Waals surface area contributed by atoms with Crippen molar-refractivity contribution in [3.05, 3.63) is 52.6 Å². The van der Waals surface area contributed by atoms with Crippen LogP contribution in [0.3, 0.4) is 0 Å². The highest BCUT2D eigenvalue weighted by Crippen LogP contribution is 2.33. The van der Waals surface area contributed by atoms with Crippen LogP contribution >= 0.6 is 11.6 Å². The molecule has 2 aliphatic rings. The van der Waals surface area contributed by atoms with E-state index >= 15 is 0 Å². The van der Waals surface area contributed by atoms with Crippen molar-refractivity contribution >= 4 is 17.5 Å². The van der Waals surface area contributed by atoms with Gasteiger partial charge in [0, 0.05) is 48.5 Å². The standard InChI is InChI=1S/C20H24ClN3O/c1-14-4-7-16(11-18(14)21)20(25)24-9-2-3-17(13-24)19-22-8-10-23(19)12-15-5-6-15/h4,7-8,10-11,15,17H,2-3,5-6,9,12-13H2,1H3. The third kappa shape index (κ3) is 3.59. The second-order valence-electron chi connectivity index (χ2n) is 7.44. The second kappa shape index (κ2) is 6.83. The van der Waals surface area contributed by atoms with Crippen LogP contribution in [0.2, 0.25) is 5.02 Å². The van der Waals surface area contributed by atoms with E-state index in [9.17, 15) is 4.79 Å². The molecule has 1 amide bonds. The predicted molar refractivity (Wildman–Crippen MR) is 99.0 cm³/mol. The van der Waals surface area contributed by atoms with Gasteiger partial charge in [0.05, 0.1) is 0 Å². The zero-order valence-electron chi connectivity index (χ0n) is 14.6. The zero-order valence-corrected chi connectivity index (χ0v) is 15.4. The molecule has 4 rings (SSSR count). The van der Waals surface area contributed by atoms with Gasteiger partial charge in [-0.2, -0.15) is 0 Å². The number of rotatable bonds is 4. The van der Waals surface area contributed by atoms with Gasteiger partial charge in [-0.1, -0.05) is 17.7 Å².